The zero-order chi connectivity index (χ0) is 15.5. The molecule has 3 nitrogen and oxygen atoms in total. The Morgan fingerprint density at radius 3 is 2.10 bits per heavy atom. The Balaban J connectivity index is 2.05. The fourth-order valence-electron chi connectivity index (χ4n) is 1.49. The maximum Gasteiger partial charge on any atom is 0.461 e. The van der Waals surface area contributed by atoms with Crippen LogP contribution in [-0.4, -0.2) is 12.5 Å². The van der Waals surface area contributed by atoms with Crippen molar-refractivity contribution in [3.05, 3.63) is 48.5 Å². The van der Waals surface area contributed by atoms with Gasteiger partial charge in [0.15, 0.2) is 0 Å². The van der Waals surface area contributed by atoms with Gasteiger partial charge in [-0.25, -0.2) is 0 Å². The van der Waals surface area contributed by atoms with Crippen molar-refractivity contribution in [2.24, 2.45) is 0 Å². The van der Waals surface area contributed by atoms with Gasteiger partial charge in [-0.05, 0) is 36.4 Å². The first kappa shape index (κ1) is 15.0. The van der Waals surface area contributed by atoms with Crippen molar-refractivity contribution in [2.45, 2.75) is 12.5 Å². The quantitative estimate of drug-likeness (QED) is 0.661. The summed E-state index contributed by atoms with van der Waals surface area (Å²) in [7, 11) is 0. The monoisotopic (exact) mass is 301 g/mol. The van der Waals surface area contributed by atoms with Gasteiger partial charge in [0.25, 0.3) is 0 Å². The molecule has 0 aliphatic rings. The minimum absolute atomic E-state index is 0.327. The second-order valence-corrected chi connectivity index (χ2v) is 4.11. The molecule has 0 bridgehead atoms. The Hall–Kier alpha value is -2.44. The topological polar surface area (TPSA) is 44.5 Å². The minimum Gasteiger partial charge on any atom is -0.457 e. The van der Waals surface area contributed by atoms with Gasteiger partial charge in [0.2, 0.25) is 0 Å². The molecule has 0 spiro atoms. The van der Waals surface area contributed by atoms with E-state index in [0.717, 1.165) is 12.1 Å². The second-order valence-electron chi connectivity index (χ2n) is 4.11. The van der Waals surface area contributed by atoms with E-state index in [-0.39, 0.29) is 5.75 Å². The summed E-state index contributed by atoms with van der Waals surface area (Å²) < 4.78 is 58.7. The molecule has 0 amide bonds. The highest BCUT2D eigenvalue weighted by Gasteiger charge is 2.43. The molecule has 0 saturated heterocycles. The molecule has 2 rings (SSSR count). The van der Waals surface area contributed by atoms with Gasteiger partial charge in [0, 0.05) is 11.8 Å². The lowest BCUT2D eigenvalue weighted by Gasteiger charge is -2.16. The van der Waals surface area contributed by atoms with Crippen LogP contribution in [0.2, 0.25) is 0 Å². The summed E-state index contributed by atoms with van der Waals surface area (Å²) in [5.41, 5.74) is 6.08. The number of nitrogens with two attached hydrogens (primary N) is 1. The number of halogens is 4. The lowest BCUT2D eigenvalue weighted by molar-refractivity contribution is -0.253. The summed E-state index contributed by atoms with van der Waals surface area (Å²) in [6.45, 7) is 0. The SMILES string of the molecule is Nc1cccc(Oc2ccc(OC(F)(F)C(F)F)cc2)c1. The number of nitrogen functional groups attached to an aromatic ring is 1. The first-order chi connectivity index (χ1) is 9.87. The predicted molar refractivity (Wildman–Crippen MR) is 68.9 cm³/mol. The Morgan fingerprint density at radius 2 is 1.52 bits per heavy atom. The molecule has 2 N–H and O–H groups in total. The van der Waals surface area contributed by atoms with Crippen LogP contribution in [0.5, 0.6) is 17.2 Å². The molecular formula is C14H11F4NO2. The molecule has 112 valence electrons. The van der Waals surface area contributed by atoms with Crippen molar-refractivity contribution in [3.8, 4) is 17.2 Å². The van der Waals surface area contributed by atoms with Crippen LogP contribution in [0.4, 0.5) is 23.2 Å². The van der Waals surface area contributed by atoms with Gasteiger partial charge < -0.3 is 15.2 Å². The van der Waals surface area contributed by atoms with E-state index in [9.17, 15) is 17.6 Å². The first-order valence-electron chi connectivity index (χ1n) is 5.85. The minimum atomic E-state index is -4.53. The predicted octanol–water partition coefficient (Wildman–Crippen LogP) is 4.30. The van der Waals surface area contributed by atoms with E-state index in [1.165, 1.54) is 12.1 Å². The third-order valence-electron chi connectivity index (χ3n) is 2.43. The third kappa shape index (κ3) is 4.01. The molecule has 2 aromatic rings. The molecule has 0 heterocycles. The summed E-state index contributed by atoms with van der Waals surface area (Å²) in [5.74, 6) is 0.398. The van der Waals surface area contributed by atoms with Crippen molar-refractivity contribution in [1.29, 1.82) is 0 Å². The van der Waals surface area contributed by atoms with E-state index in [4.69, 9.17) is 10.5 Å². The van der Waals surface area contributed by atoms with E-state index in [1.807, 2.05) is 0 Å². The molecule has 21 heavy (non-hydrogen) atoms. The van der Waals surface area contributed by atoms with Crippen molar-refractivity contribution in [2.75, 3.05) is 5.73 Å². The summed E-state index contributed by atoms with van der Waals surface area (Å²) >= 11 is 0. The van der Waals surface area contributed by atoms with E-state index in [1.54, 1.807) is 24.3 Å². The second kappa shape index (κ2) is 5.90. The molecular weight excluding hydrogens is 290 g/mol. The molecule has 0 saturated carbocycles. The molecule has 0 unspecified atom stereocenters. The zero-order valence-electron chi connectivity index (χ0n) is 10.6. The number of ether oxygens (including phenoxy) is 2. The molecule has 0 aliphatic heterocycles. The summed E-state index contributed by atoms with van der Waals surface area (Å²) in [6, 6.07) is 11.5. The van der Waals surface area contributed by atoms with Gasteiger partial charge in [-0.1, -0.05) is 6.07 Å². The summed E-state index contributed by atoms with van der Waals surface area (Å²) in [6.07, 6.45) is -8.43. The van der Waals surface area contributed by atoms with E-state index in [0.29, 0.717) is 17.2 Å². The smallest absolute Gasteiger partial charge is 0.457 e. The number of rotatable bonds is 5. The summed E-state index contributed by atoms with van der Waals surface area (Å²) in [4.78, 5) is 0. The fraction of sp³-hybridized carbons (Fsp3) is 0.143. The van der Waals surface area contributed by atoms with Gasteiger partial charge in [-0.2, -0.15) is 17.6 Å². The van der Waals surface area contributed by atoms with Crippen LogP contribution in [-0.2, 0) is 0 Å². The molecule has 0 aliphatic carbocycles. The van der Waals surface area contributed by atoms with E-state index >= 15 is 0 Å². The third-order valence-corrected chi connectivity index (χ3v) is 2.43. The Bertz CT molecular complexity index is 602. The average molecular weight is 301 g/mol. The largest absolute Gasteiger partial charge is 0.461 e. The first-order valence-corrected chi connectivity index (χ1v) is 5.85. The normalized spacial score (nSPS) is 11.5. The summed E-state index contributed by atoms with van der Waals surface area (Å²) in [5, 5.41) is 0. The molecule has 0 fully saturated rings. The molecule has 2 aromatic carbocycles. The highest BCUT2D eigenvalue weighted by molar-refractivity contribution is 5.45. The van der Waals surface area contributed by atoms with Gasteiger partial charge in [-0.15, -0.1) is 0 Å². The molecule has 7 heteroatoms. The van der Waals surface area contributed by atoms with Crippen molar-refractivity contribution in [3.63, 3.8) is 0 Å². The Kier molecular flexibility index (Phi) is 4.21. The van der Waals surface area contributed by atoms with Crippen LogP contribution in [0, 0.1) is 0 Å². The van der Waals surface area contributed by atoms with E-state index in [2.05, 4.69) is 4.74 Å². The Labute approximate surface area is 117 Å². The van der Waals surface area contributed by atoms with Gasteiger partial charge in [0.1, 0.15) is 17.2 Å². The average Bonchev–Trinajstić information content (AvgIpc) is 2.40. The highest BCUT2D eigenvalue weighted by atomic mass is 19.3. The van der Waals surface area contributed by atoms with Gasteiger partial charge in [-0.3, -0.25) is 0 Å². The lowest BCUT2D eigenvalue weighted by Crippen LogP contribution is -2.33. The Morgan fingerprint density at radius 1 is 0.905 bits per heavy atom. The van der Waals surface area contributed by atoms with Crippen molar-refractivity contribution < 1.29 is 27.0 Å². The van der Waals surface area contributed by atoms with Crippen LogP contribution < -0.4 is 15.2 Å². The fourth-order valence-corrected chi connectivity index (χ4v) is 1.49. The number of benzene rings is 2. The lowest BCUT2D eigenvalue weighted by atomic mass is 10.3. The van der Waals surface area contributed by atoms with Crippen LogP contribution in [0.15, 0.2) is 48.5 Å². The van der Waals surface area contributed by atoms with Crippen LogP contribution in [0.3, 0.4) is 0 Å². The van der Waals surface area contributed by atoms with Gasteiger partial charge >= 0.3 is 12.5 Å². The number of anilines is 1. The van der Waals surface area contributed by atoms with Crippen LogP contribution in [0.25, 0.3) is 0 Å². The van der Waals surface area contributed by atoms with Crippen molar-refractivity contribution >= 4 is 5.69 Å². The molecule has 0 atom stereocenters. The zero-order valence-corrected chi connectivity index (χ0v) is 10.6. The maximum atomic E-state index is 12.7. The molecule has 0 radical (unpaired) electrons. The van der Waals surface area contributed by atoms with Crippen molar-refractivity contribution in [1.82, 2.24) is 0 Å². The standard InChI is InChI=1S/C14H11F4NO2/c15-13(16)14(17,18)21-11-6-4-10(5-7-11)20-12-3-1-2-9(19)8-12/h1-8,13H,19H2. The number of alkyl halides is 4. The number of hydrogen-bond donors (Lipinski definition) is 1. The van der Waals surface area contributed by atoms with Crippen LogP contribution in [0.1, 0.15) is 0 Å². The molecule has 0 aromatic heterocycles. The van der Waals surface area contributed by atoms with E-state index < -0.39 is 12.5 Å². The van der Waals surface area contributed by atoms with Gasteiger partial charge in [0.05, 0.1) is 0 Å². The van der Waals surface area contributed by atoms with Crippen LogP contribution >= 0.6 is 0 Å². The highest BCUT2D eigenvalue weighted by Crippen LogP contribution is 2.30. The maximum absolute atomic E-state index is 12.7. The number of hydrogen-bond acceptors (Lipinski definition) is 3.